The number of hydrogen-bond acceptors (Lipinski definition) is 12. The maximum Gasteiger partial charge on any atom is 0.408 e. The lowest BCUT2D eigenvalue weighted by Gasteiger charge is -2.33. The molecule has 0 aliphatic carbocycles. The highest BCUT2D eigenvalue weighted by molar-refractivity contribution is 6.00. The van der Waals surface area contributed by atoms with Gasteiger partial charge in [-0.2, -0.15) is 0 Å². The number of nitrogens with one attached hydrogen (secondary N) is 9. The predicted octanol–water partition coefficient (Wildman–Crippen LogP) is 4.44. The molecule has 432 valence electrons. The molecule has 0 fully saturated rings. The van der Waals surface area contributed by atoms with Gasteiger partial charge in [-0.3, -0.25) is 38.4 Å². The van der Waals surface area contributed by atoms with E-state index in [1.54, 1.807) is 20.8 Å². The largest absolute Gasteiger partial charge is 0.467 e. The summed E-state index contributed by atoms with van der Waals surface area (Å²) in [5, 5.41) is 24.5. The number of hydrogen-bond donors (Lipinski definition) is 9. The van der Waals surface area contributed by atoms with Gasteiger partial charge in [0.05, 0.1) is 7.11 Å². The second-order valence-corrected chi connectivity index (χ2v) is 25.0. The van der Waals surface area contributed by atoms with Gasteiger partial charge in [-0.05, 0) is 136 Å². The molecule has 6 atom stereocenters. The van der Waals surface area contributed by atoms with Crippen LogP contribution < -0.4 is 47.9 Å². The monoisotopic (exact) mass is 1070 g/mol. The smallest absolute Gasteiger partial charge is 0.408 e. The molecule has 21 heteroatoms. The first-order chi connectivity index (χ1) is 34.0. The summed E-state index contributed by atoms with van der Waals surface area (Å²) in [4.78, 5) is 136. The second kappa shape index (κ2) is 30.3. The Morgan fingerprint density at radius 2 is 0.560 bits per heavy atom. The molecule has 75 heavy (non-hydrogen) atoms. The Hall–Kier alpha value is -5.50. The highest BCUT2D eigenvalue weighted by Gasteiger charge is 2.40. The van der Waals surface area contributed by atoms with E-state index in [0.29, 0.717) is 0 Å². The van der Waals surface area contributed by atoms with E-state index in [1.807, 2.05) is 83.1 Å². The zero-order chi connectivity index (χ0) is 58.7. The fraction of sp³-hybridized carbons (Fsp3) is 0.815. The van der Waals surface area contributed by atoms with E-state index in [0.717, 1.165) is 0 Å². The number of carbonyl (C=O) groups excluding carboxylic acids is 10. The Labute approximate surface area is 448 Å². The Bertz CT molecular complexity index is 1960. The van der Waals surface area contributed by atoms with Gasteiger partial charge in [-0.25, -0.2) is 9.59 Å². The molecule has 0 aromatic carbocycles. The maximum atomic E-state index is 14.2. The Morgan fingerprint density at radius 1 is 0.333 bits per heavy atom. The molecule has 0 unspecified atom stereocenters. The number of alkyl carbamates (subject to hydrolysis) is 1. The third-order valence-electron chi connectivity index (χ3n) is 11.5. The van der Waals surface area contributed by atoms with Crippen LogP contribution >= 0.6 is 0 Å². The van der Waals surface area contributed by atoms with Crippen molar-refractivity contribution in [3.8, 4) is 0 Å². The van der Waals surface area contributed by atoms with Crippen LogP contribution in [-0.2, 0) is 52.6 Å². The number of amides is 9. The van der Waals surface area contributed by atoms with E-state index in [9.17, 15) is 47.9 Å². The first kappa shape index (κ1) is 69.5. The van der Waals surface area contributed by atoms with E-state index in [2.05, 4.69) is 47.9 Å². The van der Waals surface area contributed by atoms with Crippen molar-refractivity contribution in [3.63, 3.8) is 0 Å². The Kier molecular flexibility index (Phi) is 28.1. The van der Waals surface area contributed by atoms with Crippen molar-refractivity contribution < 1.29 is 57.4 Å². The van der Waals surface area contributed by atoms with Crippen molar-refractivity contribution in [2.24, 2.45) is 35.5 Å². The van der Waals surface area contributed by atoms with Gasteiger partial charge in [0, 0.05) is 0 Å². The van der Waals surface area contributed by atoms with Crippen LogP contribution in [0.3, 0.4) is 0 Å². The molecule has 0 aromatic rings. The molecular formula is C54H99N9O12. The summed E-state index contributed by atoms with van der Waals surface area (Å²) >= 11 is 0. The van der Waals surface area contributed by atoms with E-state index >= 15 is 0 Å². The lowest BCUT2D eigenvalue weighted by Crippen LogP contribution is -2.64. The molecule has 9 N–H and O–H groups in total. The molecule has 0 saturated heterocycles. The summed E-state index contributed by atoms with van der Waals surface area (Å²) in [6.45, 7) is 36.2. The highest BCUT2D eigenvalue weighted by atomic mass is 16.6. The third kappa shape index (κ3) is 26.7. The summed E-state index contributed by atoms with van der Waals surface area (Å²) in [6, 6.07) is -6.71. The minimum Gasteiger partial charge on any atom is -0.467 e. The van der Waals surface area contributed by atoms with Crippen molar-refractivity contribution in [2.75, 3.05) is 7.11 Å². The van der Waals surface area contributed by atoms with Gasteiger partial charge in [0.1, 0.15) is 58.5 Å². The zero-order valence-electron chi connectivity index (χ0n) is 49.6. The highest BCUT2D eigenvalue weighted by Crippen LogP contribution is 2.17. The summed E-state index contributed by atoms with van der Waals surface area (Å²) in [5.74, 6) is -6.56. The minimum atomic E-state index is -1.64. The standard InChI is InChI=1S/C54H99N9O12/c1-29(2)23-35(58-48(71)53(18,19)62-45(68)39(27-33(9)10)57-43(66)37(25-31(5)6)60-50(73)75-51(13,14)15)41(64)55-38(26-32(7)8)44(67)61-52(16,17)47(70)59-36(24-30(3)4)42(65)56-40(28-34(11)12)46(69)63-54(20,21)49(72)74-22/h29-40H,23-28H2,1-22H3,(H,55,64)(H,56,65)(H,57,66)(H,58,71)(H,59,70)(H,60,73)(H,61,67)(H,62,68)(H,63,69)/t35-,36-,37-,38+,39+,40+/m0/s1. The van der Waals surface area contributed by atoms with E-state index < -0.39 is 118 Å². The van der Waals surface area contributed by atoms with Gasteiger partial charge in [0.15, 0.2) is 0 Å². The molecule has 0 rings (SSSR count). The first-order valence-electron chi connectivity index (χ1n) is 26.6. The van der Waals surface area contributed by atoms with Crippen molar-refractivity contribution in [3.05, 3.63) is 0 Å². The molecular weight excluding hydrogens is 967 g/mol. The van der Waals surface area contributed by atoms with Crippen molar-refractivity contribution in [2.45, 2.75) is 242 Å². The van der Waals surface area contributed by atoms with Crippen molar-refractivity contribution in [1.82, 2.24) is 47.9 Å². The average Bonchev–Trinajstić information content (AvgIpc) is 3.22. The van der Waals surface area contributed by atoms with Crippen molar-refractivity contribution in [1.29, 1.82) is 0 Å². The van der Waals surface area contributed by atoms with Crippen LogP contribution in [0.5, 0.6) is 0 Å². The van der Waals surface area contributed by atoms with E-state index in [1.165, 1.54) is 48.7 Å². The van der Waals surface area contributed by atoms with Crippen LogP contribution in [0.1, 0.15) is 184 Å². The normalized spacial score (nSPS) is 14.7. The van der Waals surface area contributed by atoms with E-state index in [-0.39, 0.29) is 74.0 Å². The molecule has 0 aliphatic heterocycles. The lowest BCUT2D eigenvalue weighted by molar-refractivity contribution is -0.149. The predicted molar refractivity (Wildman–Crippen MR) is 288 cm³/mol. The van der Waals surface area contributed by atoms with Gasteiger partial charge in [-0.1, -0.05) is 83.1 Å². The lowest BCUT2D eigenvalue weighted by atomic mass is 9.96. The van der Waals surface area contributed by atoms with Gasteiger partial charge < -0.3 is 57.3 Å². The molecule has 9 amide bonds. The molecule has 0 bridgehead atoms. The van der Waals surface area contributed by atoms with Gasteiger partial charge in [0.2, 0.25) is 47.3 Å². The number of carbonyl (C=O) groups is 10. The fourth-order valence-corrected chi connectivity index (χ4v) is 7.77. The summed E-state index contributed by atoms with van der Waals surface area (Å²) in [5.41, 5.74) is -5.48. The van der Waals surface area contributed by atoms with Crippen LogP contribution in [0.15, 0.2) is 0 Å². The molecule has 0 saturated carbocycles. The van der Waals surface area contributed by atoms with Gasteiger partial charge in [-0.15, -0.1) is 0 Å². The molecule has 0 radical (unpaired) electrons. The topological polar surface area (TPSA) is 297 Å². The fourth-order valence-electron chi connectivity index (χ4n) is 7.77. The van der Waals surface area contributed by atoms with Crippen LogP contribution in [0, 0.1) is 35.5 Å². The van der Waals surface area contributed by atoms with Crippen LogP contribution in [0.2, 0.25) is 0 Å². The number of ether oxygens (including phenoxy) is 2. The summed E-state index contributed by atoms with van der Waals surface area (Å²) in [6.07, 6.45) is 0.326. The van der Waals surface area contributed by atoms with Gasteiger partial charge >= 0.3 is 12.1 Å². The average molecular weight is 1070 g/mol. The second-order valence-electron chi connectivity index (χ2n) is 25.0. The molecule has 0 aromatic heterocycles. The van der Waals surface area contributed by atoms with E-state index in [4.69, 9.17) is 9.47 Å². The third-order valence-corrected chi connectivity index (χ3v) is 11.5. The molecule has 0 aliphatic rings. The summed E-state index contributed by atoms with van der Waals surface area (Å²) in [7, 11) is 1.20. The Balaban J connectivity index is 6.48. The van der Waals surface area contributed by atoms with Crippen LogP contribution in [0.4, 0.5) is 4.79 Å². The van der Waals surface area contributed by atoms with Crippen molar-refractivity contribution >= 4 is 59.3 Å². The zero-order valence-corrected chi connectivity index (χ0v) is 49.6. The number of rotatable bonds is 30. The maximum absolute atomic E-state index is 14.2. The van der Waals surface area contributed by atoms with Gasteiger partial charge in [0.25, 0.3) is 0 Å². The molecule has 0 heterocycles. The SMILES string of the molecule is COC(=O)C(C)(C)NC(=O)[C@@H](CC(C)C)NC(=O)[C@H](CC(C)C)NC(=O)C(C)(C)NC(=O)[C@@H](CC(C)C)NC(=O)[C@H](CC(C)C)NC(=O)C(C)(C)NC(=O)[C@@H](CC(C)C)NC(=O)[C@H](CC(C)C)NC(=O)OC(C)(C)C. The molecule has 21 nitrogen and oxygen atoms in total. The number of methoxy groups -OCH3 is 1. The van der Waals surface area contributed by atoms with Crippen LogP contribution in [0.25, 0.3) is 0 Å². The first-order valence-corrected chi connectivity index (χ1v) is 26.6. The Morgan fingerprint density at radius 3 is 0.787 bits per heavy atom. The van der Waals surface area contributed by atoms with Crippen LogP contribution in [-0.4, -0.2) is 125 Å². The quantitative estimate of drug-likeness (QED) is 0.0452. The molecule has 0 spiro atoms. The summed E-state index contributed by atoms with van der Waals surface area (Å²) < 4.78 is 10.2. The number of esters is 1. The minimum absolute atomic E-state index is 0.0107.